The van der Waals surface area contributed by atoms with Crippen LogP contribution >= 0.6 is 0 Å². The normalized spacial score (nSPS) is 12.3. The van der Waals surface area contributed by atoms with Gasteiger partial charge in [-0.1, -0.05) is 71.9 Å². The van der Waals surface area contributed by atoms with Gasteiger partial charge in [0.2, 0.25) is 0 Å². The molecule has 4 heteroatoms. The molecule has 4 nitrogen and oxygen atoms in total. The molecule has 0 saturated heterocycles. The SMILES string of the molecule is CC(C)(C)c1cc(COCCOC(=O)C=Cc2ccccc2)cc(C(C)(C)C)c1O. The Kier molecular flexibility index (Phi) is 7.85. The van der Waals surface area contributed by atoms with Crippen molar-refractivity contribution in [2.45, 2.75) is 59.0 Å². The number of ether oxygens (including phenoxy) is 2. The fourth-order valence-corrected chi connectivity index (χ4v) is 3.09. The number of rotatable bonds is 7. The molecule has 2 aromatic carbocycles. The zero-order chi connectivity index (χ0) is 22.4. The van der Waals surface area contributed by atoms with E-state index in [-0.39, 0.29) is 17.4 Å². The Labute approximate surface area is 180 Å². The molecule has 2 aromatic rings. The average molecular weight is 411 g/mol. The minimum absolute atomic E-state index is 0.180. The average Bonchev–Trinajstić information content (AvgIpc) is 2.66. The van der Waals surface area contributed by atoms with Crippen molar-refractivity contribution in [1.29, 1.82) is 0 Å². The van der Waals surface area contributed by atoms with Crippen LogP contribution < -0.4 is 0 Å². The molecule has 0 bridgehead atoms. The van der Waals surface area contributed by atoms with Crippen molar-refractivity contribution in [3.63, 3.8) is 0 Å². The van der Waals surface area contributed by atoms with Crippen LogP contribution in [-0.4, -0.2) is 24.3 Å². The van der Waals surface area contributed by atoms with Gasteiger partial charge in [0.25, 0.3) is 0 Å². The number of aromatic hydroxyl groups is 1. The van der Waals surface area contributed by atoms with E-state index in [0.29, 0.717) is 19.0 Å². The molecule has 0 fully saturated rings. The number of carbonyl (C=O) groups excluding carboxylic acids is 1. The van der Waals surface area contributed by atoms with Crippen molar-refractivity contribution >= 4 is 12.0 Å². The Morgan fingerprint density at radius 2 is 1.50 bits per heavy atom. The van der Waals surface area contributed by atoms with Crippen molar-refractivity contribution in [2.24, 2.45) is 0 Å². The molecule has 30 heavy (non-hydrogen) atoms. The monoisotopic (exact) mass is 410 g/mol. The second-order valence-corrected chi connectivity index (χ2v) is 9.50. The van der Waals surface area contributed by atoms with E-state index in [1.54, 1.807) is 6.08 Å². The highest BCUT2D eigenvalue weighted by Gasteiger charge is 2.26. The molecular formula is C26H34O4. The van der Waals surface area contributed by atoms with Crippen LogP contribution in [0.1, 0.15) is 63.8 Å². The van der Waals surface area contributed by atoms with Gasteiger partial charge in [-0.2, -0.15) is 0 Å². The molecule has 0 aromatic heterocycles. The first kappa shape index (κ1) is 23.7. The van der Waals surface area contributed by atoms with Gasteiger partial charge in [0.15, 0.2) is 0 Å². The molecule has 0 unspecified atom stereocenters. The van der Waals surface area contributed by atoms with E-state index in [4.69, 9.17) is 9.47 Å². The Morgan fingerprint density at radius 3 is 2.03 bits per heavy atom. The number of phenolic OH excluding ortho intramolecular Hbond substituents is 1. The van der Waals surface area contributed by atoms with Gasteiger partial charge in [-0.05, 0) is 51.3 Å². The van der Waals surface area contributed by atoms with Crippen LogP contribution in [0.15, 0.2) is 48.5 Å². The summed E-state index contributed by atoms with van der Waals surface area (Å²) in [5, 5.41) is 10.8. The van der Waals surface area contributed by atoms with Crippen LogP contribution in [0.3, 0.4) is 0 Å². The molecule has 2 rings (SSSR count). The lowest BCUT2D eigenvalue weighted by molar-refractivity contribution is -0.139. The van der Waals surface area contributed by atoms with Gasteiger partial charge in [0.1, 0.15) is 12.4 Å². The van der Waals surface area contributed by atoms with Crippen LogP contribution in [0.25, 0.3) is 6.08 Å². The maximum atomic E-state index is 11.8. The van der Waals surface area contributed by atoms with Crippen LogP contribution in [0.2, 0.25) is 0 Å². The van der Waals surface area contributed by atoms with Gasteiger partial charge in [-0.3, -0.25) is 0 Å². The largest absolute Gasteiger partial charge is 0.507 e. The second-order valence-electron chi connectivity index (χ2n) is 9.50. The first-order valence-corrected chi connectivity index (χ1v) is 10.3. The maximum Gasteiger partial charge on any atom is 0.330 e. The highest BCUT2D eigenvalue weighted by molar-refractivity contribution is 5.87. The number of hydrogen-bond acceptors (Lipinski definition) is 4. The van der Waals surface area contributed by atoms with E-state index in [1.165, 1.54) is 6.08 Å². The number of phenols is 1. The lowest BCUT2D eigenvalue weighted by atomic mass is 9.78. The maximum absolute atomic E-state index is 11.8. The third-order valence-electron chi connectivity index (χ3n) is 4.74. The molecule has 0 saturated carbocycles. The van der Waals surface area contributed by atoms with E-state index in [1.807, 2.05) is 42.5 Å². The summed E-state index contributed by atoms with van der Waals surface area (Å²) in [6.07, 6.45) is 3.14. The highest BCUT2D eigenvalue weighted by Crippen LogP contribution is 2.39. The van der Waals surface area contributed by atoms with E-state index in [9.17, 15) is 9.90 Å². The molecule has 0 spiro atoms. The van der Waals surface area contributed by atoms with Crippen LogP contribution in [-0.2, 0) is 31.7 Å². The molecule has 162 valence electrons. The van der Waals surface area contributed by atoms with Gasteiger partial charge >= 0.3 is 5.97 Å². The van der Waals surface area contributed by atoms with Gasteiger partial charge in [-0.25, -0.2) is 4.79 Å². The lowest BCUT2D eigenvalue weighted by Crippen LogP contribution is -2.18. The molecule has 0 amide bonds. The summed E-state index contributed by atoms with van der Waals surface area (Å²) in [5.74, 6) is -0.0324. The summed E-state index contributed by atoms with van der Waals surface area (Å²) in [5.41, 5.74) is 3.40. The topological polar surface area (TPSA) is 55.8 Å². The molecule has 0 heterocycles. The van der Waals surface area contributed by atoms with E-state index in [0.717, 1.165) is 22.3 Å². The predicted molar refractivity (Wildman–Crippen MR) is 122 cm³/mol. The fraction of sp³-hybridized carbons (Fsp3) is 0.423. The van der Waals surface area contributed by atoms with E-state index < -0.39 is 5.97 Å². The zero-order valence-corrected chi connectivity index (χ0v) is 19.0. The van der Waals surface area contributed by atoms with Gasteiger partial charge in [0, 0.05) is 6.08 Å². The summed E-state index contributed by atoms with van der Waals surface area (Å²) in [4.78, 5) is 11.8. The van der Waals surface area contributed by atoms with Crippen LogP contribution in [0.4, 0.5) is 0 Å². The Hall–Kier alpha value is -2.59. The molecule has 0 aliphatic heterocycles. The molecule has 0 radical (unpaired) electrons. The zero-order valence-electron chi connectivity index (χ0n) is 19.0. The van der Waals surface area contributed by atoms with Crippen molar-refractivity contribution in [3.8, 4) is 5.75 Å². The van der Waals surface area contributed by atoms with Crippen molar-refractivity contribution in [1.82, 2.24) is 0 Å². The van der Waals surface area contributed by atoms with Gasteiger partial charge in [0.05, 0.1) is 13.2 Å². The van der Waals surface area contributed by atoms with Crippen LogP contribution in [0.5, 0.6) is 5.75 Å². The Bertz CT molecular complexity index is 833. The summed E-state index contributed by atoms with van der Waals surface area (Å²) >= 11 is 0. The van der Waals surface area contributed by atoms with E-state index in [2.05, 4.69) is 41.5 Å². The number of carbonyl (C=O) groups is 1. The minimum Gasteiger partial charge on any atom is -0.507 e. The predicted octanol–water partition coefficient (Wildman–Crippen LogP) is 5.76. The summed E-state index contributed by atoms with van der Waals surface area (Å²) in [6, 6.07) is 13.6. The Balaban J connectivity index is 1.91. The first-order valence-electron chi connectivity index (χ1n) is 10.3. The number of esters is 1. The number of hydrogen-bond donors (Lipinski definition) is 1. The van der Waals surface area contributed by atoms with Crippen molar-refractivity contribution < 1.29 is 19.4 Å². The quantitative estimate of drug-likeness (QED) is 0.358. The molecule has 0 aliphatic rings. The standard InChI is InChI=1S/C26H34O4/c1-25(2,3)21-16-20(17-22(24(21)28)26(4,5)6)18-29-14-15-30-23(27)13-12-19-10-8-7-9-11-19/h7-13,16-17,28H,14-15,18H2,1-6H3. The van der Waals surface area contributed by atoms with E-state index >= 15 is 0 Å². The molecule has 1 N–H and O–H groups in total. The summed E-state index contributed by atoms with van der Waals surface area (Å²) in [6.45, 7) is 13.4. The molecular weight excluding hydrogens is 376 g/mol. The van der Waals surface area contributed by atoms with Crippen molar-refractivity contribution in [2.75, 3.05) is 13.2 Å². The lowest BCUT2D eigenvalue weighted by Gasteiger charge is -2.28. The fourth-order valence-electron chi connectivity index (χ4n) is 3.09. The third kappa shape index (κ3) is 7.03. The van der Waals surface area contributed by atoms with Gasteiger partial charge in [-0.15, -0.1) is 0 Å². The van der Waals surface area contributed by atoms with Crippen LogP contribution in [0, 0.1) is 0 Å². The third-order valence-corrected chi connectivity index (χ3v) is 4.74. The van der Waals surface area contributed by atoms with Crippen molar-refractivity contribution in [3.05, 3.63) is 70.8 Å². The first-order chi connectivity index (χ1) is 14.0. The molecule has 0 atom stereocenters. The Morgan fingerprint density at radius 1 is 0.933 bits per heavy atom. The smallest absolute Gasteiger partial charge is 0.330 e. The highest BCUT2D eigenvalue weighted by atomic mass is 16.6. The molecule has 0 aliphatic carbocycles. The summed E-state index contributed by atoms with van der Waals surface area (Å²) < 4.78 is 10.9. The second kappa shape index (κ2) is 9.94. The van der Waals surface area contributed by atoms with Gasteiger partial charge < -0.3 is 14.6 Å². The summed E-state index contributed by atoms with van der Waals surface area (Å²) in [7, 11) is 0. The minimum atomic E-state index is -0.392. The number of benzene rings is 2.